The van der Waals surface area contributed by atoms with Gasteiger partial charge in [-0.15, -0.1) is 0 Å². The van der Waals surface area contributed by atoms with E-state index in [-0.39, 0.29) is 5.82 Å². The third-order valence-corrected chi connectivity index (χ3v) is 3.11. The molecule has 0 aliphatic heterocycles. The molecule has 0 amide bonds. The molecule has 15 heavy (non-hydrogen) atoms. The molecule has 0 aliphatic rings. The highest BCUT2D eigenvalue weighted by Gasteiger charge is 2.04. The first-order chi connectivity index (χ1) is 7.25. The largest absolute Gasteiger partial charge is 0.245 e. The van der Waals surface area contributed by atoms with Crippen molar-refractivity contribution in [1.29, 1.82) is 0 Å². The van der Waals surface area contributed by atoms with E-state index in [0.717, 1.165) is 9.92 Å². The SMILES string of the molecule is Fc1ccc(Sc2ccncn2)c(Cl)c1. The van der Waals surface area contributed by atoms with E-state index >= 15 is 0 Å². The molecule has 76 valence electrons. The molecule has 0 spiro atoms. The summed E-state index contributed by atoms with van der Waals surface area (Å²) in [5, 5.41) is 1.16. The molecule has 1 aromatic heterocycles. The van der Waals surface area contributed by atoms with Gasteiger partial charge in [-0.2, -0.15) is 0 Å². The second-order valence-corrected chi connectivity index (χ2v) is 4.19. The number of hydrogen-bond donors (Lipinski definition) is 0. The van der Waals surface area contributed by atoms with Crippen LogP contribution in [0.5, 0.6) is 0 Å². The molecule has 1 heterocycles. The van der Waals surface area contributed by atoms with Crippen molar-refractivity contribution in [3.63, 3.8) is 0 Å². The smallest absolute Gasteiger partial charge is 0.124 e. The summed E-state index contributed by atoms with van der Waals surface area (Å²) < 4.78 is 12.8. The maximum absolute atomic E-state index is 12.8. The van der Waals surface area contributed by atoms with Crippen molar-refractivity contribution in [2.24, 2.45) is 0 Å². The summed E-state index contributed by atoms with van der Waals surface area (Å²) in [6.07, 6.45) is 3.10. The van der Waals surface area contributed by atoms with Gasteiger partial charge in [-0.1, -0.05) is 23.4 Å². The minimum absolute atomic E-state index is 0.341. The Kier molecular flexibility index (Phi) is 3.18. The van der Waals surface area contributed by atoms with Crippen molar-refractivity contribution in [2.75, 3.05) is 0 Å². The van der Waals surface area contributed by atoms with Crippen LogP contribution in [0.15, 0.2) is 46.7 Å². The number of rotatable bonds is 2. The molecule has 0 saturated heterocycles. The van der Waals surface area contributed by atoms with E-state index in [2.05, 4.69) is 9.97 Å². The van der Waals surface area contributed by atoms with E-state index in [9.17, 15) is 4.39 Å². The second-order valence-electron chi connectivity index (χ2n) is 2.72. The molecule has 0 N–H and O–H groups in total. The Morgan fingerprint density at radius 3 is 2.80 bits per heavy atom. The lowest BCUT2D eigenvalue weighted by molar-refractivity contribution is 0.626. The first-order valence-corrected chi connectivity index (χ1v) is 5.34. The zero-order valence-electron chi connectivity index (χ0n) is 7.52. The molecule has 1 aromatic carbocycles. The van der Waals surface area contributed by atoms with Crippen molar-refractivity contribution in [3.05, 3.63) is 47.6 Å². The van der Waals surface area contributed by atoms with E-state index in [4.69, 9.17) is 11.6 Å². The highest BCUT2D eigenvalue weighted by atomic mass is 35.5. The van der Waals surface area contributed by atoms with Gasteiger partial charge in [-0.25, -0.2) is 14.4 Å². The van der Waals surface area contributed by atoms with Crippen LogP contribution in [0.3, 0.4) is 0 Å². The average Bonchev–Trinajstić information content (AvgIpc) is 2.24. The first kappa shape index (κ1) is 10.4. The van der Waals surface area contributed by atoms with Crippen LogP contribution >= 0.6 is 23.4 Å². The van der Waals surface area contributed by atoms with Crippen LogP contribution in [0.4, 0.5) is 4.39 Å². The Bertz CT molecular complexity index is 464. The van der Waals surface area contributed by atoms with E-state index in [0.29, 0.717) is 5.02 Å². The Morgan fingerprint density at radius 2 is 2.13 bits per heavy atom. The van der Waals surface area contributed by atoms with Gasteiger partial charge in [0.1, 0.15) is 17.2 Å². The molecule has 0 aliphatic carbocycles. The zero-order valence-corrected chi connectivity index (χ0v) is 9.10. The predicted octanol–water partition coefficient (Wildman–Crippen LogP) is 3.42. The third kappa shape index (κ3) is 2.67. The van der Waals surface area contributed by atoms with Crippen molar-refractivity contribution in [3.8, 4) is 0 Å². The molecule has 5 heteroatoms. The minimum atomic E-state index is -0.341. The fraction of sp³-hybridized carbons (Fsp3) is 0. The van der Waals surface area contributed by atoms with Gasteiger partial charge < -0.3 is 0 Å². The highest BCUT2D eigenvalue weighted by Crippen LogP contribution is 2.31. The van der Waals surface area contributed by atoms with Gasteiger partial charge in [0.05, 0.1) is 5.02 Å². The quantitative estimate of drug-likeness (QED) is 0.753. The summed E-state index contributed by atoms with van der Waals surface area (Å²) in [5.74, 6) is -0.341. The van der Waals surface area contributed by atoms with E-state index in [1.54, 1.807) is 18.3 Å². The zero-order chi connectivity index (χ0) is 10.7. The van der Waals surface area contributed by atoms with Crippen LogP contribution in [-0.4, -0.2) is 9.97 Å². The fourth-order valence-corrected chi connectivity index (χ4v) is 2.04. The molecule has 2 nitrogen and oxygen atoms in total. The highest BCUT2D eigenvalue weighted by molar-refractivity contribution is 7.99. The van der Waals surface area contributed by atoms with Crippen LogP contribution in [0.25, 0.3) is 0 Å². The van der Waals surface area contributed by atoms with E-state index in [1.165, 1.54) is 30.2 Å². The molecule has 0 radical (unpaired) electrons. The van der Waals surface area contributed by atoms with Crippen molar-refractivity contribution >= 4 is 23.4 Å². The Hall–Kier alpha value is -1.13. The maximum atomic E-state index is 12.8. The molecule has 0 atom stereocenters. The normalized spacial score (nSPS) is 10.3. The first-order valence-electron chi connectivity index (χ1n) is 4.14. The number of nitrogens with zero attached hydrogens (tertiary/aromatic N) is 2. The van der Waals surface area contributed by atoms with Gasteiger partial charge in [0.15, 0.2) is 0 Å². The van der Waals surface area contributed by atoms with E-state index < -0.39 is 0 Å². The molecular formula is C10H6ClFN2S. The van der Waals surface area contributed by atoms with Gasteiger partial charge in [-0.3, -0.25) is 0 Å². The van der Waals surface area contributed by atoms with Crippen molar-refractivity contribution < 1.29 is 4.39 Å². The number of halogens is 2. The Labute approximate surface area is 95.5 Å². The topological polar surface area (TPSA) is 25.8 Å². The van der Waals surface area contributed by atoms with Gasteiger partial charge in [0, 0.05) is 11.1 Å². The van der Waals surface area contributed by atoms with Gasteiger partial charge in [-0.05, 0) is 24.3 Å². The monoisotopic (exact) mass is 240 g/mol. The molecule has 2 rings (SSSR count). The minimum Gasteiger partial charge on any atom is -0.245 e. The lowest BCUT2D eigenvalue weighted by Gasteiger charge is -2.02. The lowest BCUT2D eigenvalue weighted by Crippen LogP contribution is -1.82. The van der Waals surface area contributed by atoms with Gasteiger partial charge in [0.25, 0.3) is 0 Å². The maximum Gasteiger partial charge on any atom is 0.124 e. The van der Waals surface area contributed by atoms with Crippen LogP contribution in [-0.2, 0) is 0 Å². The third-order valence-electron chi connectivity index (χ3n) is 1.66. The summed E-state index contributed by atoms with van der Waals surface area (Å²) in [7, 11) is 0. The second kappa shape index (κ2) is 4.59. The standard InChI is InChI=1S/C10H6ClFN2S/c11-8-5-7(12)1-2-9(8)15-10-3-4-13-6-14-10/h1-6H. The van der Waals surface area contributed by atoms with Crippen molar-refractivity contribution in [2.45, 2.75) is 9.92 Å². The summed E-state index contributed by atoms with van der Waals surface area (Å²) in [5.41, 5.74) is 0. The van der Waals surface area contributed by atoms with Crippen LogP contribution < -0.4 is 0 Å². The molecule has 0 unspecified atom stereocenters. The summed E-state index contributed by atoms with van der Waals surface area (Å²) in [6.45, 7) is 0. The number of hydrogen-bond acceptors (Lipinski definition) is 3. The fourth-order valence-electron chi connectivity index (χ4n) is 1.01. The van der Waals surface area contributed by atoms with Crippen LogP contribution in [0.2, 0.25) is 5.02 Å². The lowest BCUT2D eigenvalue weighted by atomic mass is 10.3. The molecule has 0 bridgehead atoms. The average molecular weight is 241 g/mol. The Balaban J connectivity index is 2.25. The van der Waals surface area contributed by atoms with Crippen molar-refractivity contribution in [1.82, 2.24) is 9.97 Å². The molecule has 2 aromatic rings. The Morgan fingerprint density at radius 1 is 1.27 bits per heavy atom. The molecule has 0 fully saturated rings. The van der Waals surface area contributed by atoms with Crippen LogP contribution in [0.1, 0.15) is 0 Å². The number of aromatic nitrogens is 2. The van der Waals surface area contributed by atoms with Crippen LogP contribution in [0, 0.1) is 5.82 Å². The summed E-state index contributed by atoms with van der Waals surface area (Å²) >= 11 is 7.25. The molecule has 0 saturated carbocycles. The summed E-state index contributed by atoms with van der Waals surface area (Å²) in [4.78, 5) is 8.62. The summed E-state index contributed by atoms with van der Waals surface area (Å²) in [6, 6.07) is 6.05. The molecular weight excluding hydrogens is 235 g/mol. The van der Waals surface area contributed by atoms with Gasteiger partial charge >= 0.3 is 0 Å². The van der Waals surface area contributed by atoms with Gasteiger partial charge in [0.2, 0.25) is 0 Å². The van der Waals surface area contributed by atoms with E-state index in [1.807, 2.05) is 0 Å². The predicted molar refractivity (Wildman–Crippen MR) is 57.6 cm³/mol. The number of benzene rings is 1.